The number of rotatable bonds is 7. The molecule has 3 N–H and O–H groups in total. The molecular weight excluding hydrogens is 204 g/mol. The SMILES string of the molecule is COCCN(CCN)Cc1ccc(O)cc1. The van der Waals surface area contributed by atoms with Crippen molar-refractivity contribution in [3.8, 4) is 5.75 Å². The lowest BCUT2D eigenvalue weighted by atomic mass is 10.2. The average molecular weight is 224 g/mol. The van der Waals surface area contributed by atoms with Crippen molar-refractivity contribution in [2.75, 3.05) is 33.4 Å². The van der Waals surface area contributed by atoms with E-state index in [9.17, 15) is 5.11 Å². The van der Waals surface area contributed by atoms with Gasteiger partial charge in [0.25, 0.3) is 0 Å². The molecule has 0 unspecified atom stereocenters. The molecule has 4 nitrogen and oxygen atoms in total. The minimum absolute atomic E-state index is 0.297. The summed E-state index contributed by atoms with van der Waals surface area (Å²) < 4.78 is 5.05. The highest BCUT2D eigenvalue weighted by molar-refractivity contribution is 5.25. The number of hydrogen-bond acceptors (Lipinski definition) is 4. The molecule has 16 heavy (non-hydrogen) atoms. The van der Waals surface area contributed by atoms with Crippen molar-refractivity contribution in [1.29, 1.82) is 0 Å². The molecule has 0 atom stereocenters. The molecule has 0 aliphatic rings. The highest BCUT2D eigenvalue weighted by Gasteiger charge is 2.04. The van der Waals surface area contributed by atoms with Gasteiger partial charge >= 0.3 is 0 Å². The molecule has 0 aromatic heterocycles. The summed E-state index contributed by atoms with van der Waals surface area (Å²) in [6.07, 6.45) is 0. The first-order valence-electron chi connectivity index (χ1n) is 5.45. The van der Waals surface area contributed by atoms with Crippen molar-refractivity contribution < 1.29 is 9.84 Å². The second-order valence-electron chi connectivity index (χ2n) is 3.72. The van der Waals surface area contributed by atoms with E-state index in [-0.39, 0.29) is 0 Å². The third-order valence-electron chi connectivity index (χ3n) is 2.40. The maximum atomic E-state index is 9.18. The van der Waals surface area contributed by atoms with Gasteiger partial charge in [0.15, 0.2) is 0 Å². The fourth-order valence-electron chi connectivity index (χ4n) is 1.53. The minimum atomic E-state index is 0.297. The Hall–Kier alpha value is -1.10. The number of phenolic OH excluding ortho intramolecular Hbond substituents is 1. The van der Waals surface area contributed by atoms with Crippen molar-refractivity contribution in [3.05, 3.63) is 29.8 Å². The molecule has 0 saturated carbocycles. The third-order valence-corrected chi connectivity index (χ3v) is 2.40. The molecule has 0 bridgehead atoms. The van der Waals surface area contributed by atoms with Gasteiger partial charge in [0, 0.05) is 33.3 Å². The fraction of sp³-hybridized carbons (Fsp3) is 0.500. The van der Waals surface area contributed by atoms with Gasteiger partial charge in [-0.25, -0.2) is 0 Å². The Kier molecular flexibility index (Phi) is 5.85. The molecule has 0 saturated heterocycles. The second-order valence-corrected chi connectivity index (χ2v) is 3.72. The van der Waals surface area contributed by atoms with E-state index in [2.05, 4.69) is 4.90 Å². The summed E-state index contributed by atoms with van der Waals surface area (Å²) in [5.74, 6) is 0.297. The average Bonchev–Trinajstić information content (AvgIpc) is 2.29. The minimum Gasteiger partial charge on any atom is -0.508 e. The summed E-state index contributed by atoms with van der Waals surface area (Å²) in [7, 11) is 1.70. The van der Waals surface area contributed by atoms with E-state index in [4.69, 9.17) is 10.5 Å². The summed E-state index contributed by atoms with van der Waals surface area (Å²) in [4.78, 5) is 2.23. The van der Waals surface area contributed by atoms with Gasteiger partial charge in [0.05, 0.1) is 6.61 Å². The number of ether oxygens (including phenoxy) is 1. The van der Waals surface area contributed by atoms with Crippen LogP contribution in [0.2, 0.25) is 0 Å². The summed E-state index contributed by atoms with van der Waals surface area (Å²) in [5, 5.41) is 9.18. The van der Waals surface area contributed by atoms with E-state index in [1.165, 1.54) is 5.56 Å². The standard InChI is InChI=1S/C12H20N2O2/c1-16-9-8-14(7-6-13)10-11-2-4-12(15)5-3-11/h2-5,15H,6-10,13H2,1H3. The molecule has 0 radical (unpaired) electrons. The quantitative estimate of drug-likeness (QED) is 0.719. The smallest absolute Gasteiger partial charge is 0.115 e. The van der Waals surface area contributed by atoms with Gasteiger partial charge < -0.3 is 15.6 Å². The molecule has 1 rings (SSSR count). The summed E-state index contributed by atoms with van der Waals surface area (Å²) >= 11 is 0. The monoisotopic (exact) mass is 224 g/mol. The molecule has 90 valence electrons. The van der Waals surface area contributed by atoms with Crippen molar-refractivity contribution in [2.24, 2.45) is 5.73 Å². The van der Waals surface area contributed by atoms with Crippen molar-refractivity contribution in [1.82, 2.24) is 4.90 Å². The Morgan fingerprint density at radius 1 is 1.25 bits per heavy atom. The van der Waals surface area contributed by atoms with Crippen LogP contribution in [-0.2, 0) is 11.3 Å². The lowest BCUT2D eigenvalue weighted by molar-refractivity contribution is 0.146. The van der Waals surface area contributed by atoms with Crippen LogP contribution >= 0.6 is 0 Å². The lowest BCUT2D eigenvalue weighted by Crippen LogP contribution is -2.31. The number of nitrogens with two attached hydrogens (primary N) is 1. The summed E-state index contributed by atoms with van der Waals surface area (Å²) in [6.45, 7) is 3.90. The number of nitrogens with zero attached hydrogens (tertiary/aromatic N) is 1. The molecule has 0 aliphatic heterocycles. The Morgan fingerprint density at radius 3 is 2.50 bits per heavy atom. The normalized spacial score (nSPS) is 10.9. The van der Waals surface area contributed by atoms with E-state index >= 15 is 0 Å². The highest BCUT2D eigenvalue weighted by atomic mass is 16.5. The first kappa shape index (κ1) is 13.0. The summed E-state index contributed by atoms with van der Waals surface area (Å²) in [5.41, 5.74) is 6.73. The van der Waals surface area contributed by atoms with Gasteiger partial charge in [-0.2, -0.15) is 0 Å². The third kappa shape index (κ3) is 4.61. The molecule has 1 aromatic carbocycles. The predicted octanol–water partition coefficient (Wildman–Crippen LogP) is 0.799. The van der Waals surface area contributed by atoms with E-state index in [0.29, 0.717) is 18.9 Å². The van der Waals surface area contributed by atoms with Gasteiger partial charge in [-0.05, 0) is 17.7 Å². The zero-order valence-electron chi connectivity index (χ0n) is 9.72. The van der Waals surface area contributed by atoms with E-state index in [1.54, 1.807) is 19.2 Å². The van der Waals surface area contributed by atoms with Gasteiger partial charge in [0.2, 0.25) is 0 Å². The highest BCUT2D eigenvalue weighted by Crippen LogP contribution is 2.11. The predicted molar refractivity (Wildman–Crippen MR) is 64.3 cm³/mol. The van der Waals surface area contributed by atoms with E-state index in [1.807, 2.05) is 12.1 Å². The molecular formula is C12H20N2O2. The number of aromatic hydroxyl groups is 1. The Bertz CT molecular complexity index is 288. The van der Waals surface area contributed by atoms with Gasteiger partial charge in [-0.15, -0.1) is 0 Å². The van der Waals surface area contributed by atoms with Crippen LogP contribution in [0, 0.1) is 0 Å². The molecule has 0 fully saturated rings. The van der Waals surface area contributed by atoms with Crippen LogP contribution in [0.5, 0.6) is 5.75 Å². The van der Waals surface area contributed by atoms with Gasteiger partial charge in [-0.3, -0.25) is 4.90 Å². The zero-order chi connectivity index (χ0) is 11.8. The Balaban J connectivity index is 2.49. The van der Waals surface area contributed by atoms with Crippen LogP contribution < -0.4 is 5.73 Å². The van der Waals surface area contributed by atoms with E-state index in [0.717, 1.165) is 19.6 Å². The molecule has 0 amide bonds. The first-order chi connectivity index (χ1) is 7.76. The molecule has 1 aromatic rings. The molecule has 4 heteroatoms. The van der Waals surface area contributed by atoms with Crippen molar-refractivity contribution >= 4 is 0 Å². The number of benzene rings is 1. The number of methoxy groups -OCH3 is 1. The summed E-state index contributed by atoms with van der Waals surface area (Å²) in [6, 6.07) is 7.25. The van der Waals surface area contributed by atoms with Crippen molar-refractivity contribution in [2.45, 2.75) is 6.54 Å². The maximum absolute atomic E-state index is 9.18. The molecule has 0 spiro atoms. The molecule has 0 aliphatic carbocycles. The molecule has 0 heterocycles. The number of hydrogen-bond donors (Lipinski definition) is 2. The van der Waals surface area contributed by atoms with Crippen LogP contribution in [0.4, 0.5) is 0 Å². The van der Waals surface area contributed by atoms with Gasteiger partial charge in [0.1, 0.15) is 5.75 Å². The Morgan fingerprint density at radius 2 is 1.94 bits per heavy atom. The van der Waals surface area contributed by atoms with Crippen LogP contribution in [0.3, 0.4) is 0 Å². The topological polar surface area (TPSA) is 58.7 Å². The Labute approximate surface area is 96.6 Å². The largest absolute Gasteiger partial charge is 0.508 e. The second kappa shape index (κ2) is 7.22. The zero-order valence-corrected chi connectivity index (χ0v) is 9.72. The van der Waals surface area contributed by atoms with Crippen LogP contribution in [-0.4, -0.2) is 43.4 Å². The fourth-order valence-corrected chi connectivity index (χ4v) is 1.53. The number of phenols is 1. The van der Waals surface area contributed by atoms with Crippen LogP contribution in [0.25, 0.3) is 0 Å². The van der Waals surface area contributed by atoms with Crippen molar-refractivity contribution in [3.63, 3.8) is 0 Å². The van der Waals surface area contributed by atoms with E-state index < -0.39 is 0 Å². The van der Waals surface area contributed by atoms with Gasteiger partial charge in [-0.1, -0.05) is 12.1 Å². The first-order valence-corrected chi connectivity index (χ1v) is 5.45. The maximum Gasteiger partial charge on any atom is 0.115 e. The lowest BCUT2D eigenvalue weighted by Gasteiger charge is -2.21. The van der Waals surface area contributed by atoms with Crippen LogP contribution in [0.15, 0.2) is 24.3 Å². The van der Waals surface area contributed by atoms with Crippen LogP contribution in [0.1, 0.15) is 5.56 Å².